The van der Waals surface area contributed by atoms with Crippen LogP contribution >= 0.6 is 21.6 Å². The fourth-order valence-electron chi connectivity index (χ4n) is 5.86. The highest BCUT2D eigenvalue weighted by Gasteiger charge is 2.49. The van der Waals surface area contributed by atoms with Gasteiger partial charge in [-0.1, -0.05) is 98.6 Å². The van der Waals surface area contributed by atoms with Crippen LogP contribution in [0.2, 0.25) is 0 Å². The highest BCUT2D eigenvalue weighted by atomic mass is 33.1. The van der Waals surface area contributed by atoms with Crippen LogP contribution in [-0.4, -0.2) is 5.75 Å². The summed E-state index contributed by atoms with van der Waals surface area (Å²) in [4.78, 5) is 1.16. The Bertz CT molecular complexity index is 803. The number of anilines is 1. The topological polar surface area (TPSA) is 26.0 Å². The fourth-order valence-corrected chi connectivity index (χ4v) is 7.89. The lowest BCUT2D eigenvalue weighted by molar-refractivity contribution is 0.108. The van der Waals surface area contributed by atoms with Crippen molar-refractivity contribution in [3.05, 3.63) is 35.9 Å². The quantitative estimate of drug-likeness (QED) is 0.175. The SMILES string of the molecule is CC(C)CCC[C@@H](C)[C@H]1CC[C@H]2C(C#CCCSSc3ccccc3N)=CCC[C@]12C. The third-order valence-electron chi connectivity index (χ3n) is 7.57. The molecule has 1 nitrogen and oxygen atoms in total. The Kier molecular flexibility index (Phi) is 9.35. The van der Waals surface area contributed by atoms with Gasteiger partial charge >= 0.3 is 0 Å². The van der Waals surface area contributed by atoms with Gasteiger partial charge in [-0.3, -0.25) is 0 Å². The molecule has 4 atom stereocenters. The van der Waals surface area contributed by atoms with Crippen LogP contribution < -0.4 is 5.73 Å². The molecule has 1 saturated carbocycles. The number of hydrogen-bond acceptors (Lipinski definition) is 3. The van der Waals surface area contributed by atoms with E-state index in [0.29, 0.717) is 11.3 Å². The molecule has 0 radical (unpaired) electrons. The Morgan fingerprint density at radius 1 is 1.16 bits per heavy atom. The second-order valence-electron chi connectivity index (χ2n) is 10.2. The molecule has 0 aromatic heterocycles. The molecule has 1 fully saturated rings. The van der Waals surface area contributed by atoms with Crippen molar-refractivity contribution < 1.29 is 0 Å². The Morgan fingerprint density at radius 2 is 1.97 bits per heavy atom. The first-order chi connectivity index (χ1) is 14.9. The van der Waals surface area contributed by atoms with E-state index in [9.17, 15) is 0 Å². The van der Waals surface area contributed by atoms with Gasteiger partial charge in [-0.15, -0.1) is 0 Å². The Balaban J connectivity index is 1.49. The van der Waals surface area contributed by atoms with Gasteiger partial charge in [0.25, 0.3) is 0 Å². The molecule has 0 aliphatic heterocycles. The zero-order valence-electron chi connectivity index (χ0n) is 20.0. The van der Waals surface area contributed by atoms with Gasteiger partial charge in [0.05, 0.1) is 0 Å². The van der Waals surface area contributed by atoms with Crippen LogP contribution in [0.5, 0.6) is 0 Å². The molecule has 0 unspecified atom stereocenters. The van der Waals surface area contributed by atoms with Gasteiger partial charge in [-0.05, 0) is 66.9 Å². The number of fused-ring (bicyclic) bond motifs is 1. The lowest BCUT2D eigenvalue weighted by Gasteiger charge is -2.42. The van der Waals surface area contributed by atoms with Gasteiger partial charge < -0.3 is 5.73 Å². The first-order valence-corrected chi connectivity index (χ1v) is 14.6. The number of para-hydroxylation sites is 1. The number of benzene rings is 1. The molecule has 0 saturated heterocycles. The van der Waals surface area contributed by atoms with Gasteiger partial charge in [-0.2, -0.15) is 0 Å². The number of rotatable bonds is 9. The molecule has 0 bridgehead atoms. The molecule has 2 aliphatic carbocycles. The Morgan fingerprint density at radius 3 is 2.74 bits per heavy atom. The van der Waals surface area contributed by atoms with Gasteiger partial charge in [0.15, 0.2) is 0 Å². The van der Waals surface area contributed by atoms with Crippen molar-refractivity contribution >= 4 is 27.3 Å². The summed E-state index contributed by atoms with van der Waals surface area (Å²) in [5, 5.41) is 0. The van der Waals surface area contributed by atoms with Crippen molar-refractivity contribution in [2.75, 3.05) is 11.5 Å². The molecule has 0 heterocycles. The minimum Gasteiger partial charge on any atom is -0.398 e. The van der Waals surface area contributed by atoms with Crippen LogP contribution in [0, 0.1) is 40.9 Å². The highest BCUT2D eigenvalue weighted by Crippen LogP contribution is 2.58. The average Bonchev–Trinajstić information content (AvgIpc) is 3.09. The van der Waals surface area contributed by atoms with Gasteiger partial charge in [0.2, 0.25) is 0 Å². The third-order valence-corrected chi connectivity index (χ3v) is 10.0. The minimum atomic E-state index is 0.464. The summed E-state index contributed by atoms with van der Waals surface area (Å²) >= 11 is 0. The zero-order valence-corrected chi connectivity index (χ0v) is 21.6. The maximum atomic E-state index is 6.02. The lowest BCUT2D eigenvalue weighted by Crippen LogP contribution is -2.35. The van der Waals surface area contributed by atoms with E-state index in [1.165, 1.54) is 50.5 Å². The molecular formula is C28H41NS2. The maximum absolute atomic E-state index is 6.02. The Labute approximate surface area is 199 Å². The van der Waals surface area contributed by atoms with Crippen molar-refractivity contribution in [3.8, 4) is 11.8 Å². The van der Waals surface area contributed by atoms with Crippen LogP contribution in [0.15, 0.2) is 40.8 Å². The van der Waals surface area contributed by atoms with E-state index >= 15 is 0 Å². The smallest absolute Gasteiger partial charge is 0.0460 e. The fraction of sp³-hybridized carbons (Fsp3) is 0.643. The predicted molar refractivity (Wildman–Crippen MR) is 141 cm³/mol. The molecule has 1 aromatic carbocycles. The van der Waals surface area contributed by atoms with Crippen molar-refractivity contribution in [1.29, 1.82) is 0 Å². The normalized spacial score (nSPS) is 26.2. The lowest BCUT2D eigenvalue weighted by atomic mass is 9.62. The summed E-state index contributed by atoms with van der Waals surface area (Å²) in [6.45, 7) is 9.81. The molecule has 0 spiro atoms. The first kappa shape index (κ1) is 24.7. The molecule has 3 heteroatoms. The molecule has 3 rings (SSSR count). The van der Waals surface area contributed by atoms with Crippen LogP contribution in [0.25, 0.3) is 0 Å². The highest BCUT2D eigenvalue weighted by molar-refractivity contribution is 8.76. The van der Waals surface area contributed by atoms with Crippen molar-refractivity contribution in [2.24, 2.45) is 29.1 Å². The van der Waals surface area contributed by atoms with E-state index in [2.05, 4.69) is 51.7 Å². The molecule has 31 heavy (non-hydrogen) atoms. The van der Waals surface area contributed by atoms with E-state index < -0.39 is 0 Å². The van der Waals surface area contributed by atoms with Gasteiger partial charge in [0, 0.05) is 28.3 Å². The van der Waals surface area contributed by atoms with E-state index in [1.54, 1.807) is 10.8 Å². The molecule has 2 aliphatic rings. The van der Waals surface area contributed by atoms with E-state index in [1.807, 2.05) is 29.0 Å². The zero-order chi connectivity index (χ0) is 22.3. The Hall–Kier alpha value is -0.980. The number of nitrogen functional groups attached to an aromatic ring is 1. The van der Waals surface area contributed by atoms with Crippen LogP contribution in [0.3, 0.4) is 0 Å². The molecule has 170 valence electrons. The summed E-state index contributed by atoms with van der Waals surface area (Å²) in [5.41, 5.74) is 8.81. The largest absolute Gasteiger partial charge is 0.398 e. The van der Waals surface area contributed by atoms with Crippen molar-refractivity contribution in [2.45, 2.75) is 84.0 Å². The van der Waals surface area contributed by atoms with Crippen molar-refractivity contribution in [1.82, 2.24) is 0 Å². The number of nitrogens with two attached hydrogens (primary N) is 1. The van der Waals surface area contributed by atoms with Crippen LogP contribution in [-0.2, 0) is 0 Å². The number of allylic oxidation sites excluding steroid dienone is 2. The minimum absolute atomic E-state index is 0.464. The predicted octanol–water partition coefficient (Wildman–Crippen LogP) is 8.62. The second-order valence-corrected chi connectivity index (χ2v) is 12.7. The van der Waals surface area contributed by atoms with Crippen LogP contribution in [0.4, 0.5) is 5.69 Å². The average molecular weight is 456 g/mol. The van der Waals surface area contributed by atoms with Gasteiger partial charge in [0.1, 0.15) is 0 Å². The van der Waals surface area contributed by atoms with E-state index in [4.69, 9.17) is 5.73 Å². The monoisotopic (exact) mass is 455 g/mol. The van der Waals surface area contributed by atoms with Crippen LogP contribution in [0.1, 0.15) is 79.1 Å². The molecule has 1 aromatic rings. The maximum Gasteiger partial charge on any atom is 0.0460 e. The van der Waals surface area contributed by atoms with E-state index in [-0.39, 0.29) is 0 Å². The summed E-state index contributed by atoms with van der Waals surface area (Å²) in [5.74, 6) is 11.4. The molecule has 2 N–H and O–H groups in total. The van der Waals surface area contributed by atoms with Crippen molar-refractivity contribution in [3.63, 3.8) is 0 Å². The summed E-state index contributed by atoms with van der Waals surface area (Å²) in [6.07, 6.45) is 12.9. The molecule has 0 amide bonds. The summed E-state index contributed by atoms with van der Waals surface area (Å²) in [7, 11) is 3.62. The summed E-state index contributed by atoms with van der Waals surface area (Å²) < 4.78 is 0. The number of hydrogen-bond donors (Lipinski definition) is 1. The summed E-state index contributed by atoms with van der Waals surface area (Å²) in [6, 6.07) is 8.09. The third kappa shape index (κ3) is 6.52. The van der Waals surface area contributed by atoms with E-state index in [0.717, 1.165) is 40.5 Å². The second kappa shape index (κ2) is 11.8. The molecular weight excluding hydrogens is 414 g/mol. The van der Waals surface area contributed by atoms with Gasteiger partial charge in [-0.25, -0.2) is 0 Å². The first-order valence-electron chi connectivity index (χ1n) is 12.2. The standard InChI is InChI=1S/C28H41NS2/c1-21(2)11-9-12-22(3)24-17-18-25-23(14-10-19-28(24,25)4)13-7-8-20-30-31-27-16-6-5-15-26(27)29/h5-6,14-16,21-22,24-25H,8-12,17-20,29H2,1-4H3/t22-,24-,25+,28-/m1/s1.